The van der Waals surface area contributed by atoms with Gasteiger partial charge in [-0.2, -0.15) is 0 Å². The second-order valence-corrected chi connectivity index (χ2v) is 3.59. The number of para-hydroxylation sites is 1. The van der Waals surface area contributed by atoms with Crippen molar-refractivity contribution < 1.29 is 14.3 Å². The van der Waals surface area contributed by atoms with Gasteiger partial charge in [-0.05, 0) is 25.1 Å². The molecule has 4 heteroatoms. The van der Waals surface area contributed by atoms with Crippen molar-refractivity contribution in [1.82, 2.24) is 5.32 Å². The van der Waals surface area contributed by atoms with Crippen LogP contribution in [0.2, 0.25) is 0 Å². The van der Waals surface area contributed by atoms with Crippen LogP contribution in [-0.4, -0.2) is 32.8 Å². The van der Waals surface area contributed by atoms with E-state index in [9.17, 15) is 4.79 Å². The number of rotatable bonds is 7. The molecule has 0 aliphatic carbocycles. The SMILES string of the molecule is CCCNCCOC(=O)c1ccccc1OC. The summed E-state index contributed by atoms with van der Waals surface area (Å²) in [4.78, 5) is 11.7. The van der Waals surface area contributed by atoms with Crippen molar-refractivity contribution in [2.24, 2.45) is 0 Å². The summed E-state index contributed by atoms with van der Waals surface area (Å²) in [7, 11) is 1.54. The minimum Gasteiger partial charge on any atom is -0.496 e. The maximum Gasteiger partial charge on any atom is 0.341 e. The van der Waals surface area contributed by atoms with E-state index in [1.165, 1.54) is 7.11 Å². The molecule has 0 fully saturated rings. The van der Waals surface area contributed by atoms with Gasteiger partial charge >= 0.3 is 5.97 Å². The fourth-order valence-electron chi connectivity index (χ4n) is 1.41. The highest BCUT2D eigenvalue weighted by molar-refractivity contribution is 5.92. The molecule has 1 rings (SSSR count). The van der Waals surface area contributed by atoms with Crippen LogP contribution in [0.15, 0.2) is 24.3 Å². The summed E-state index contributed by atoms with van der Waals surface area (Å²) < 4.78 is 10.2. The number of carbonyl (C=O) groups is 1. The van der Waals surface area contributed by atoms with Gasteiger partial charge in [0.15, 0.2) is 0 Å². The summed E-state index contributed by atoms with van der Waals surface area (Å²) in [6.45, 7) is 4.08. The van der Waals surface area contributed by atoms with Crippen molar-refractivity contribution in [2.75, 3.05) is 26.8 Å². The first-order valence-corrected chi connectivity index (χ1v) is 5.80. The molecule has 0 aliphatic heterocycles. The van der Waals surface area contributed by atoms with E-state index in [-0.39, 0.29) is 5.97 Å². The quantitative estimate of drug-likeness (QED) is 0.581. The molecule has 0 spiro atoms. The van der Waals surface area contributed by atoms with E-state index in [0.29, 0.717) is 24.5 Å². The maximum atomic E-state index is 11.7. The zero-order chi connectivity index (χ0) is 12.5. The Kier molecular flexibility index (Phi) is 6.10. The summed E-state index contributed by atoms with van der Waals surface area (Å²) in [6.07, 6.45) is 1.07. The van der Waals surface area contributed by atoms with E-state index in [1.807, 2.05) is 6.07 Å². The van der Waals surface area contributed by atoms with Gasteiger partial charge in [-0.1, -0.05) is 19.1 Å². The van der Waals surface area contributed by atoms with Crippen LogP contribution in [-0.2, 0) is 4.74 Å². The van der Waals surface area contributed by atoms with Crippen LogP contribution in [0.1, 0.15) is 23.7 Å². The molecule has 0 aromatic heterocycles. The molecule has 1 aromatic carbocycles. The van der Waals surface area contributed by atoms with Crippen LogP contribution in [0, 0.1) is 0 Å². The van der Waals surface area contributed by atoms with E-state index in [1.54, 1.807) is 18.2 Å². The molecule has 0 unspecified atom stereocenters. The summed E-state index contributed by atoms with van der Waals surface area (Å²) >= 11 is 0. The van der Waals surface area contributed by atoms with E-state index < -0.39 is 0 Å². The Morgan fingerprint density at radius 3 is 2.76 bits per heavy atom. The first-order valence-electron chi connectivity index (χ1n) is 5.80. The number of ether oxygens (including phenoxy) is 2. The summed E-state index contributed by atoms with van der Waals surface area (Å²) in [5.41, 5.74) is 0.463. The van der Waals surface area contributed by atoms with Crippen molar-refractivity contribution in [1.29, 1.82) is 0 Å². The van der Waals surface area contributed by atoms with Crippen molar-refractivity contribution >= 4 is 5.97 Å². The predicted octanol–water partition coefficient (Wildman–Crippen LogP) is 1.85. The number of methoxy groups -OCH3 is 1. The predicted molar refractivity (Wildman–Crippen MR) is 66.4 cm³/mol. The first-order chi connectivity index (χ1) is 8.29. The fraction of sp³-hybridized carbons (Fsp3) is 0.462. The Bertz CT molecular complexity index is 352. The van der Waals surface area contributed by atoms with Crippen molar-refractivity contribution in [3.05, 3.63) is 29.8 Å². The Morgan fingerprint density at radius 1 is 1.29 bits per heavy atom. The highest BCUT2D eigenvalue weighted by atomic mass is 16.5. The lowest BCUT2D eigenvalue weighted by molar-refractivity contribution is 0.0505. The average Bonchev–Trinajstić information content (AvgIpc) is 2.38. The molecule has 94 valence electrons. The Balaban J connectivity index is 2.41. The largest absolute Gasteiger partial charge is 0.496 e. The van der Waals surface area contributed by atoms with Gasteiger partial charge in [-0.15, -0.1) is 0 Å². The monoisotopic (exact) mass is 237 g/mol. The summed E-state index contributed by atoms with van der Waals surface area (Å²) in [5.74, 6) is 0.194. The molecule has 0 saturated heterocycles. The van der Waals surface area contributed by atoms with Crippen molar-refractivity contribution in [3.8, 4) is 5.75 Å². The topological polar surface area (TPSA) is 47.6 Å². The number of hydrogen-bond donors (Lipinski definition) is 1. The maximum absolute atomic E-state index is 11.7. The number of hydrogen-bond acceptors (Lipinski definition) is 4. The van der Waals surface area contributed by atoms with Crippen molar-refractivity contribution in [3.63, 3.8) is 0 Å². The average molecular weight is 237 g/mol. The molecule has 4 nitrogen and oxygen atoms in total. The molecule has 0 aliphatic rings. The van der Waals surface area contributed by atoms with Gasteiger partial charge in [-0.25, -0.2) is 4.79 Å². The summed E-state index contributed by atoms with van der Waals surface area (Å²) in [5, 5.41) is 3.16. The highest BCUT2D eigenvalue weighted by Crippen LogP contribution is 2.17. The number of carbonyl (C=O) groups excluding carboxylic acids is 1. The standard InChI is InChI=1S/C13H19NO3/c1-3-8-14-9-10-17-13(15)11-6-4-5-7-12(11)16-2/h4-7,14H,3,8-10H2,1-2H3. The third kappa shape index (κ3) is 4.44. The summed E-state index contributed by atoms with van der Waals surface area (Å²) in [6, 6.07) is 7.04. The van der Waals surface area contributed by atoms with E-state index in [2.05, 4.69) is 12.2 Å². The normalized spacial score (nSPS) is 10.0. The van der Waals surface area contributed by atoms with Crippen LogP contribution in [0.4, 0.5) is 0 Å². The second kappa shape index (κ2) is 7.68. The van der Waals surface area contributed by atoms with Gasteiger partial charge in [0.25, 0.3) is 0 Å². The lowest BCUT2D eigenvalue weighted by Gasteiger charge is -2.08. The Labute approximate surface area is 102 Å². The second-order valence-electron chi connectivity index (χ2n) is 3.59. The number of esters is 1. The molecular weight excluding hydrogens is 218 g/mol. The number of benzene rings is 1. The molecule has 0 atom stereocenters. The highest BCUT2D eigenvalue weighted by Gasteiger charge is 2.12. The fourth-order valence-corrected chi connectivity index (χ4v) is 1.41. The zero-order valence-electron chi connectivity index (χ0n) is 10.4. The zero-order valence-corrected chi connectivity index (χ0v) is 10.4. The van der Waals surface area contributed by atoms with Crippen LogP contribution in [0.3, 0.4) is 0 Å². The molecule has 0 radical (unpaired) electrons. The minimum absolute atomic E-state index is 0.347. The molecule has 0 bridgehead atoms. The van der Waals surface area contributed by atoms with E-state index in [4.69, 9.17) is 9.47 Å². The van der Waals surface area contributed by atoms with Gasteiger partial charge in [0.1, 0.15) is 17.9 Å². The lowest BCUT2D eigenvalue weighted by Crippen LogP contribution is -2.22. The van der Waals surface area contributed by atoms with Crippen LogP contribution >= 0.6 is 0 Å². The van der Waals surface area contributed by atoms with Crippen molar-refractivity contribution in [2.45, 2.75) is 13.3 Å². The molecule has 17 heavy (non-hydrogen) atoms. The third-order valence-electron chi connectivity index (χ3n) is 2.27. The Morgan fingerprint density at radius 2 is 2.06 bits per heavy atom. The molecule has 1 N–H and O–H groups in total. The van der Waals surface area contributed by atoms with Gasteiger partial charge in [0, 0.05) is 6.54 Å². The van der Waals surface area contributed by atoms with E-state index in [0.717, 1.165) is 13.0 Å². The minimum atomic E-state index is -0.347. The van der Waals surface area contributed by atoms with Gasteiger partial charge in [0.05, 0.1) is 7.11 Å². The van der Waals surface area contributed by atoms with Gasteiger partial charge < -0.3 is 14.8 Å². The van der Waals surface area contributed by atoms with Gasteiger partial charge in [-0.3, -0.25) is 0 Å². The van der Waals surface area contributed by atoms with Gasteiger partial charge in [0.2, 0.25) is 0 Å². The number of nitrogens with one attached hydrogen (secondary N) is 1. The molecule has 0 amide bonds. The van der Waals surface area contributed by atoms with Crippen LogP contribution in [0.25, 0.3) is 0 Å². The molecule has 1 aromatic rings. The lowest BCUT2D eigenvalue weighted by atomic mass is 10.2. The van der Waals surface area contributed by atoms with Crippen LogP contribution in [0.5, 0.6) is 5.75 Å². The smallest absolute Gasteiger partial charge is 0.341 e. The van der Waals surface area contributed by atoms with E-state index >= 15 is 0 Å². The molecule has 0 heterocycles. The van der Waals surface area contributed by atoms with Crippen LogP contribution < -0.4 is 10.1 Å². The molecular formula is C13H19NO3. The first kappa shape index (κ1) is 13.5. The molecule has 0 saturated carbocycles. The third-order valence-corrected chi connectivity index (χ3v) is 2.27. The Hall–Kier alpha value is -1.55.